The lowest BCUT2D eigenvalue weighted by Gasteiger charge is -2.12. The first kappa shape index (κ1) is 22.6. The molecule has 0 amide bonds. The van der Waals surface area contributed by atoms with E-state index in [9.17, 15) is 26.3 Å². The van der Waals surface area contributed by atoms with Crippen molar-refractivity contribution in [3.8, 4) is 16.9 Å². The molecule has 2 aromatic carbocycles. The van der Waals surface area contributed by atoms with Gasteiger partial charge in [0.2, 0.25) is 0 Å². The van der Waals surface area contributed by atoms with Crippen LogP contribution in [0.5, 0.6) is 5.75 Å². The van der Waals surface area contributed by atoms with E-state index in [1.807, 2.05) is 0 Å². The van der Waals surface area contributed by atoms with Gasteiger partial charge in [0, 0.05) is 6.20 Å². The molecule has 0 fully saturated rings. The summed E-state index contributed by atoms with van der Waals surface area (Å²) < 4.78 is 87.3. The summed E-state index contributed by atoms with van der Waals surface area (Å²) in [6.07, 6.45) is -7.60. The van der Waals surface area contributed by atoms with Crippen LogP contribution >= 0.6 is 0 Å². The summed E-state index contributed by atoms with van der Waals surface area (Å²) in [5, 5.41) is 8.01. The minimum absolute atomic E-state index is 0.000625. The second-order valence-electron chi connectivity index (χ2n) is 6.98. The van der Waals surface area contributed by atoms with Gasteiger partial charge in [0.1, 0.15) is 12.4 Å². The first-order valence-corrected chi connectivity index (χ1v) is 9.53. The highest BCUT2D eigenvalue weighted by Gasteiger charge is 2.33. The van der Waals surface area contributed by atoms with Gasteiger partial charge in [0.05, 0.1) is 12.2 Å². The summed E-state index contributed by atoms with van der Waals surface area (Å²) in [4.78, 5) is 0. The first-order valence-electron chi connectivity index (χ1n) is 9.53. The minimum Gasteiger partial charge on any atom is -0.406 e. The van der Waals surface area contributed by atoms with Crippen molar-refractivity contribution in [2.45, 2.75) is 25.8 Å². The van der Waals surface area contributed by atoms with Crippen molar-refractivity contribution >= 4 is 5.65 Å². The van der Waals surface area contributed by atoms with Crippen LogP contribution in [0.15, 0.2) is 66.9 Å². The standard InChI is InChI=1S/C22H15F6N3O2/c23-21(24,25)18-4-2-1-3-16(18)12-32-13-20-30-29-19-10-7-15(11-31(19)20)14-5-8-17(9-6-14)33-22(26,27)28/h1-11H,12-13H2. The van der Waals surface area contributed by atoms with E-state index in [2.05, 4.69) is 14.9 Å². The molecule has 2 heterocycles. The monoisotopic (exact) mass is 467 g/mol. The second kappa shape index (κ2) is 8.74. The van der Waals surface area contributed by atoms with Crippen molar-refractivity contribution in [1.29, 1.82) is 0 Å². The number of aromatic nitrogens is 3. The number of benzene rings is 2. The zero-order chi connectivity index (χ0) is 23.6. The van der Waals surface area contributed by atoms with Crippen LogP contribution in [0, 0.1) is 0 Å². The summed E-state index contributed by atoms with van der Waals surface area (Å²) in [7, 11) is 0. The van der Waals surface area contributed by atoms with Gasteiger partial charge in [-0.2, -0.15) is 13.2 Å². The normalized spacial score (nSPS) is 12.3. The molecule has 0 bridgehead atoms. The summed E-state index contributed by atoms with van der Waals surface area (Å²) in [6.45, 7) is -0.375. The fourth-order valence-electron chi connectivity index (χ4n) is 3.23. The number of halogens is 6. The van der Waals surface area contributed by atoms with E-state index < -0.39 is 18.1 Å². The van der Waals surface area contributed by atoms with E-state index in [4.69, 9.17) is 4.74 Å². The molecule has 0 N–H and O–H groups in total. The Hall–Kier alpha value is -3.60. The van der Waals surface area contributed by atoms with Gasteiger partial charge in [0.15, 0.2) is 11.5 Å². The summed E-state index contributed by atoms with van der Waals surface area (Å²) in [5.74, 6) is 0.0122. The average Bonchev–Trinajstić information content (AvgIpc) is 3.15. The number of hydrogen-bond acceptors (Lipinski definition) is 4. The zero-order valence-electron chi connectivity index (χ0n) is 16.7. The van der Waals surface area contributed by atoms with Crippen LogP contribution in [0.3, 0.4) is 0 Å². The maximum Gasteiger partial charge on any atom is 0.573 e. The van der Waals surface area contributed by atoms with Crippen LogP contribution in [-0.2, 0) is 24.1 Å². The zero-order valence-corrected chi connectivity index (χ0v) is 16.7. The Morgan fingerprint density at radius 2 is 1.45 bits per heavy atom. The molecule has 0 saturated carbocycles. The Kier molecular flexibility index (Phi) is 5.98. The number of fused-ring (bicyclic) bond motifs is 1. The highest BCUT2D eigenvalue weighted by Crippen LogP contribution is 2.32. The van der Waals surface area contributed by atoms with Crippen molar-refractivity contribution in [2.24, 2.45) is 0 Å². The number of ether oxygens (including phenoxy) is 2. The molecule has 0 radical (unpaired) electrons. The summed E-state index contributed by atoms with van der Waals surface area (Å²) in [5.41, 5.74) is 0.984. The van der Waals surface area contributed by atoms with Gasteiger partial charge in [-0.1, -0.05) is 30.3 Å². The molecule has 0 spiro atoms. The van der Waals surface area contributed by atoms with Crippen molar-refractivity contribution in [3.05, 3.63) is 83.8 Å². The Morgan fingerprint density at radius 3 is 2.15 bits per heavy atom. The number of hydrogen-bond donors (Lipinski definition) is 0. The topological polar surface area (TPSA) is 48.7 Å². The highest BCUT2D eigenvalue weighted by molar-refractivity contribution is 5.65. The number of rotatable bonds is 6. The molecule has 0 aliphatic rings. The largest absolute Gasteiger partial charge is 0.573 e. The van der Waals surface area contributed by atoms with Gasteiger partial charge >= 0.3 is 12.5 Å². The third-order valence-electron chi connectivity index (χ3n) is 4.71. The van der Waals surface area contributed by atoms with Gasteiger partial charge in [-0.25, -0.2) is 0 Å². The average molecular weight is 467 g/mol. The van der Waals surface area contributed by atoms with E-state index in [0.717, 1.165) is 6.07 Å². The smallest absolute Gasteiger partial charge is 0.406 e. The number of alkyl halides is 6. The van der Waals surface area contributed by atoms with Crippen LogP contribution in [0.4, 0.5) is 26.3 Å². The molecule has 5 nitrogen and oxygen atoms in total. The lowest BCUT2D eigenvalue weighted by Crippen LogP contribution is -2.16. The van der Waals surface area contributed by atoms with Crippen molar-refractivity contribution in [3.63, 3.8) is 0 Å². The van der Waals surface area contributed by atoms with E-state index in [1.54, 1.807) is 22.7 Å². The van der Waals surface area contributed by atoms with Crippen LogP contribution in [0.25, 0.3) is 16.8 Å². The molecule has 0 unspecified atom stereocenters. The van der Waals surface area contributed by atoms with E-state index >= 15 is 0 Å². The molecule has 0 aliphatic carbocycles. The van der Waals surface area contributed by atoms with Crippen LogP contribution in [0.2, 0.25) is 0 Å². The van der Waals surface area contributed by atoms with Gasteiger partial charge in [-0.3, -0.25) is 4.40 Å². The van der Waals surface area contributed by atoms with Crippen molar-refractivity contribution < 1.29 is 35.8 Å². The maximum absolute atomic E-state index is 13.1. The lowest BCUT2D eigenvalue weighted by molar-refractivity contribution is -0.274. The fraction of sp³-hybridized carbons (Fsp3) is 0.182. The molecule has 4 rings (SSSR count). The molecular formula is C22H15F6N3O2. The Labute approximate surface area is 183 Å². The van der Waals surface area contributed by atoms with Gasteiger partial charge in [0.25, 0.3) is 0 Å². The van der Waals surface area contributed by atoms with Gasteiger partial charge < -0.3 is 9.47 Å². The highest BCUT2D eigenvalue weighted by atomic mass is 19.4. The molecule has 0 saturated heterocycles. The van der Waals surface area contributed by atoms with E-state index in [1.165, 1.54) is 42.5 Å². The second-order valence-corrected chi connectivity index (χ2v) is 6.98. The maximum atomic E-state index is 13.1. The number of pyridine rings is 1. The van der Waals surface area contributed by atoms with Gasteiger partial charge in [-0.15, -0.1) is 23.4 Å². The first-order chi connectivity index (χ1) is 15.6. The molecule has 172 valence electrons. The van der Waals surface area contributed by atoms with E-state index in [0.29, 0.717) is 22.6 Å². The summed E-state index contributed by atoms with van der Waals surface area (Å²) >= 11 is 0. The van der Waals surface area contributed by atoms with E-state index in [-0.39, 0.29) is 24.5 Å². The minimum atomic E-state index is -4.78. The van der Waals surface area contributed by atoms with Crippen LogP contribution in [0.1, 0.15) is 17.0 Å². The van der Waals surface area contributed by atoms with Crippen molar-refractivity contribution in [2.75, 3.05) is 0 Å². The van der Waals surface area contributed by atoms with Crippen molar-refractivity contribution in [1.82, 2.24) is 14.6 Å². The summed E-state index contributed by atoms with van der Waals surface area (Å²) in [6, 6.07) is 13.8. The SMILES string of the molecule is FC(F)(F)Oc1ccc(-c2ccc3nnc(COCc4ccccc4C(F)(F)F)n3c2)cc1. The Bertz CT molecular complexity index is 1250. The predicted molar refractivity (Wildman–Crippen MR) is 105 cm³/mol. The molecular weight excluding hydrogens is 452 g/mol. The fourth-order valence-corrected chi connectivity index (χ4v) is 3.23. The van der Waals surface area contributed by atoms with Crippen LogP contribution in [-0.4, -0.2) is 21.0 Å². The molecule has 0 atom stereocenters. The molecule has 0 aliphatic heterocycles. The third-order valence-corrected chi connectivity index (χ3v) is 4.71. The third kappa shape index (κ3) is 5.43. The molecule has 33 heavy (non-hydrogen) atoms. The Balaban J connectivity index is 1.50. The lowest BCUT2D eigenvalue weighted by atomic mass is 10.1. The number of nitrogens with zero attached hydrogens (tertiary/aromatic N) is 3. The van der Waals surface area contributed by atoms with Crippen LogP contribution < -0.4 is 4.74 Å². The van der Waals surface area contributed by atoms with Gasteiger partial charge in [-0.05, 0) is 47.0 Å². The Morgan fingerprint density at radius 1 is 0.758 bits per heavy atom. The molecule has 2 aromatic heterocycles. The molecule has 11 heteroatoms. The quantitative estimate of drug-likeness (QED) is 0.325. The molecule has 4 aromatic rings. The predicted octanol–water partition coefficient (Wildman–Crippen LogP) is 6.03.